The minimum Gasteiger partial charge on any atom is -0.361 e. The number of nitrogens with one attached hydrogen (secondary N) is 2. The highest BCUT2D eigenvalue weighted by Gasteiger charge is 2.19. The number of piperidine rings is 1. The van der Waals surface area contributed by atoms with Crippen LogP contribution in [0.5, 0.6) is 0 Å². The molecule has 0 aliphatic carbocycles. The molecule has 0 spiro atoms. The second-order valence-electron chi connectivity index (χ2n) is 5.62. The molecular weight excluding hydrogens is 250 g/mol. The predicted octanol–water partition coefficient (Wildman–Crippen LogP) is 2.38. The zero-order valence-corrected chi connectivity index (χ0v) is 11.9. The van der Waals surface area contributed by atoms with Crippen LogP contribution in [0.4, 0.5) is 0 Å². The first kappa shape index (κ1) is 13.2. The van der Waals surface area contributed by atoms with E-state index in [0.29, 0.717) is 6.04 Å². The van der Waals surface area contributed by atoms with Crippen LogP contribution < -0.4 is 5.32 Å². The van der Waals surface area contributed by atoms with Crippen molar-refractivity contribution in [3.63, 3.8) is 0 Å². The predicted molar refractivity (Wildman–Crippen MR) is 80.9 cm³/mol. The lowest BCUT2D eigenvalue weighted by atomic mass is 10.0. The number of aromatic amines is 1. The maximum atomic E-state index is 12.2. The first-order valence-corrected chi connectivity index (χ1v) is 7.29. The molecule has 20 heavy (non-hydrogen) atoms. The van der Waals surface area contributed by atoms with Crippen LogP contribution in [0.3, 0.4) is 0 Å². The number of aromatic nitrogens is 1. The van der Waals surface area contributed by atoms with E-state index in [-0.39, 0.29) is 5.91 Å². The molecule has 1 aliphatic heterocycles. The number of fused-ring (bicyclic) bond motifs is 1. The number of hydrogen-bond donors (Lipinski definition) is 2. The summed E-state index contributed by atoms with van der Waals surface area (Å²) in [5.41, 5.74) is 1.73. The first-order chi connectivity index (χ1) is 9.74. The van der Waals surface area contributed by atoms with Crippen LogP contribution in [0, 0.1) is 0 Å². The SMILES string of the molecule is CN1CCCCC1CNC(=O)c1ccc2cc[nH]c2c1. The number of rotatable bonds is 3. The van der Waals surface area contributed by atoms with E-state index in [1.165, 1.54) is 19.3 Å². The second kappa shape index (κ2) is 5.67. The number of benzene rings is 1. The Balaban J connectivity index is 1.63. The summed E-state index contributed by atoms with van der Waals surface area (Å²) >= 11 is 0. The molecule has 106 valence electrons. The Kier molecular flexibility index (Phi) is 3.74. The lowest BCUT2D eigenvalue weighted by molar-refractivity contribution is 0.0928. The Labute approximate surface area is 119 Å². The second-order valence-corrected chi connectivity index (χ2v) is 5.62. The van der Waals surface area contributed by atoms with Crippen molar-refractivity contribution in [2.75, 3.05) is 20.1 Å². The zero-order valence-electron chi connectivity index (χ0n) is 11.9. The molecule has 1 aliphatic rings. The van der Waals surface area contributed by atoms with E-state index < -0.39 is 0 Å². The van der Waals surface area contributed by atoms with Gasteiger partial charge in [0.15, 0.2) is 0 Å². The van der Waals surface area contributed by atoms with Gasteiger partial charge in [-0.15, -0.1) is 0 Å². The van der Waals surface area contributed by atoms with Crippen molar-refractivity contribution >= 4 is 16.8 Å². The van der Waals surface area contributed by atoms with Crippen LogP contribution in [-0.2, 0) is 0 Å². The standard InChI is InChI=1S/C16H21N3O/c1-19-9-3-2-4-14(19)11-18-16(20)13-6-5-12-7-8-17-15(12)10-13/h5-8,10,14,17H,2-4,9,11H2,1H3,(H,18,20). The fraction of sp³-hybridized carbons (Fsp3) is 0.438. The number of H-pyrrole nitrogens is 1. The summed E-state index contributed by atoms with van der Waals surface area (Å²) in [7, 11) is 2.14. The average Bonchev–Trinajstić information content (AvgIpc) is 2.93. The Morgan fingerprint density at radius 1 is 1.40 bits per heavy atom. The van der Waals surface area contributed by atoms with Crippen LogP contribution in [0.2, 0.25) is 0 Å². The summed E-state index contributed by atoms with van der Waals surface area (Å²) in [5, 5.41) is 4.19. The zero-order chi connectivity index (χ0) is 13.9. The van der Waals surface area contributed by atoms with Gasteiger partial charge in [0.2, 0.25) is 0 Å². The quantitative estimate of drug-likeness (QED) is 0.900. The van der Waals surface area contributed by atoms with Gasteiger partial charge < -0.3 is 15.2 Å². The van der Waals surface area contributed by atoms with Gasteiger partial charge in [0.1, 0.15) is 0 Å². The number of carbonyl (C=O) groups is 1. The highest BCUT2D eigenvalue weighted by Crippen LogP contribution is 2.16. The van der Waals surface area contributed by atoms with Gasteiger partial charge in [-0.25, -0.2) is 0 Å². The van der Waals surface area contributed by atoms with Gasteiger partial charge in [-0.1, -0.05) is 12.5 Å². The van der Waals surface area contributed by atoms with Gasteiger partial charge in [-0.2, -0.15) is 0 Å². The van der Waals surface area contributed by atoms with Gasteiger partial charge in [-0.05, 0) is 50.0 Å². The summed E-state index contributed by atoms with van der Waals surface area (Å²) < 4.78 is 0. The molecule has 0 radical (unpaired) electrons. The maximum absolute atomic E-state index is 12.2. The molecule has 2 N–H and O–H groups in total. The molecule has 1 amide bonds. The van der Waals surface area contributed by atoms with Gasteiger partial charge in [0, 0.05) is 29.9 Å². The highest BCUT2D eigenvalue weighted by atomic mass is 16.1. The molecule has 1 fully saturated rings. The number of likely N-dealkylation sites (tertiary alicyclic amines) is 1. The summed E-state index contributed by atoms with van der Waals surface area (Å²) in [5.74, 6) is 0.0143. The molecule has 1 unspecified atom stereocenters. The maximum Gasteiger partial charge on any atom is 0.251 e. The molecule has 1 aromatic carbocycles. The third-order valence-corrected chi connectivity index (χ3v) is 4.24. The lowest BCUT2D eigenvalue weighted by Crippen LogP contribution is -2.44. The highest BCUT2D eigenvalue weighted by molar-refractivity contribution is 5.97. The molecule has 3 rings (SSSR count). The van der Waals surface area contributed by atoms with Crippen molar-refractivity contribution < 1.29 is 4.79 Å². The van der Waals surface area contributed by atoms with Crippen LogP contribution in [-0.4, -0.2) is 42.0 Å². The van der Waals surface area contributed by atoms with E-state index in [0.717, 1.165) is 29.6 Å². The fourth-order valence-corrected chi connectivity index (χ4v) is 2.90. The van der Waals surface area contributed by atoms with Crippen LogP contribution in [0.25, 0.3) is 10.9 Å². The van der Waals surface area contributed by atoms with E-state index in [1.54, 1.807) is 0 Å². The third-order valence-electron chi connectivity index (χ3n) is 4.24. The number of amides is 1. The van der Waals surface area contributed by atoms with E-state index in [2.05, 4.69) is 22.2 Å². The summed E-state index contributed by atoms with van der Waals surface area (Å²) in [6, 6.07) is 8.26. The van der Waals surface area contributed by atoms with E-state index in [1.807, 2.05) is 30.5 Å². The molecule has 1 saturated heterocycles. The normalized spacial score (nSPS) is 20.1. The smallest absolute Gasteiger partial charge is 0.251 e. The van der Waals surface area contributed by atoms with Crippen LogP contribution in [0.15, 0.2) is 30.5 Å². The summed E-state index contributed by atoms with van der Waals surface area (Å²) in [6.45, 7) is 1.87. The average molecular weight is 271 g/mol. The molecule has 2 heterocycles. The van der Waals surface area contributed by atoms with Gasteiger partial charge >= 0.3 is 0 Å². The van der Waals surface area contributed by atoms with Crippen molar-refractivity contribution in [3.05, 3.63) is 36.0 Å². The topological polar surface area (TPSA) is 48.1 Å². The van der Waals surface area contributed by atoms with Gasteiger partial charge in [-0.3, -0.25) is 4.79 Å². The van der Waals surface area contributed by atoms with Crippen molar-refractivity contribution in [2.45, 2.75) is 25.3 Å². The van der Waals surface area contributed by atoms with Crippen LogP contribution >= 0.6 is 0 Å². The van der Waals surface area contributed by atoms with E-state index in [9.17, 15) is 4.79 Å². The number of likely N-dealkylation sites (N-methyl/N-ethyl adjacent to an activating group) is 1. The molecule has 0 saturated carbocycles. The Morgan fingerprint density at radius 3 is 3.15 bits per heavy atom. The fourth-order valence-electron chi connectivity index (χ4n) is 2.90. The van der Waals surface area contributed by atoms with Crippen molar-refractivity contribution in [3.8, 4) is 0 Å². The monoisotopic (exact) mass is 271 g/mol. The van der Waals surface area contributed by atoms with Gasteiger partial charge in [0.25, 0.3) is 5.91 Å². The van der Waals surface area contributed by atoms with Gasteiger partial charge in [0.05, 0.1) is 0 Å². The van der Waals surface area contributed by atoms with Crippen molar-refractivity contribution in [1.29, 1.82) is 0 Å². The molecule has 0 bridgehead atoms. The van der Waals surface area contributed by atoms with E-state index >= 15 is 0 Å². The van der Waals surface area contributed by atoms with E-state index in [4.69, 9.17) is 0 Å². The summed E-state index contributed by atoms with van der Waals surface area (Å²) in [4.78, 5) is 17.7. The summed E-state index contributed by atoms with van der Waals surface area (Å²) in [6.07, 6.45) is 5.60. The number of nitrogens with zero attached hydrogens (tertiary/aromatic N) is 1. The molecular formula is C16H21N3O. The minimum absolute atomic E-state index is 0.0143. The molecule has 1 aromatic heterocycles. The lowest BCUT2D eigenvalue weighted by Gasteiger charge is -2.32. The first-order valence-electron chi connectivity index (χ1n) is 7.29. The largest absolute Gasteiger partial charge is 0.361 e. The minimum atomic E-state index is 0.0143. The van der Waals surface area contributed by atoms with Crippen molar-refractivity contribution in [2.24, 2.45) is 0 Å². The Morgan fingerprint density at radius 2 is 2.30 bits per heavy atom. The Bertz CT molecular complexity index is 605. The van der Waals surface area contributed by atoms with Crippen molar-refractivity contribution in [1.82, 2.24) is 15.2 Å². The third kappa shape index (κ3) is 2.70. The molecule has 2 aromatic rings. The molecule has 4 heteroatoms. The van der Waals surface area contributed by atoms with Crippen LogP contribution in [0.1, 0.15) is 29.6 Å². The molecule has 4 nitrogen and oxygen atoms in total. The number of carbonyl (C=O) groups excluding carboxylic acids is 1. The Hall–Kier alpha value is -1.81. The molecule has 1 atom stereocenters. The number of hydrogen-bond acceptors (Lipinski definition) is 2.